The van der Waals surface area contributed by atoms with Crippen molar-refractivity contribution in [1.82, 2.24) is 9.97 Å². The zero-order valence-corrected chi connectivity index (χ0v) is 12.2. The molecule has 0 spiro atoms. The minimum Gasteiger partial charge on any atom is -0.462 e. The van der Waals surface area contributed by atoms with E-state index in [2.05, 4.69) is 9.97 Å². The molecule has 110 valence electrons. The molecule has 21 heavy (non-hydrogen) atoms. The number of ether oxygens (including phenoxy) is 2. The first kappa shape index (κ1) is 15.1. The van der Waals surface area contributed by atoms with Crippen molar-refractivity contribution in [1.29, 1.82) is 0 Å². The molecule has 0 aliphatic carbocycles. The van der Waals surface area contributed by atoms with E-state index in [1.165, 1.54) is 6.20 Å². The zero-order valence-electron chi connectivity index (χ0n) is 12.2. The highest BCUT2D eigenvalue weighted by atomic mass is 16.5. The van der Waals surface area contributed by atoms with E-state index in [0.29, 0.717) is 30.3 Å². The van der Waals surface area contributed by atoms with E-state index in [9.17, 15) is 4.79 Å². The number of carbonyl (C=O) groups is 1. The number of benzene rings is 1. The largest absolute Gasteiger partial charge is 0.462 e. The molecule has 2 rings (SSSR count). The zero-order chi connectivity index (χ0) is 15.1. The summed E-state index contributed by atoms with van der Waals surface area (Å²) < 4.78 is 10.4. The summed E-state index contributed by atoms with van der Waals surface area (Å²) in [6.45, 7) is 4.77. The summed E-state index contributed by atoms with van der Waals surface area (Å²) in [7, 11) is 0. The van der Waals surface area contributed by atoms with Gasteiger partial charge < -0.3 is 9.47 Å². The Kier molecular flexibility index (Phi) is 5.40. The van der Waals surface area contributed by atoms with Crippen molar-refractivity contribution in [3.05, 3.63) is 47.8 Å². The van der Waals surface area contributed by atoms with Gasteiger partial charge in [-0.15, -0.1) is 0 Å². The molecule has 0 bridgehead atoms. The van der Waals surface area contributed by atoms with Gasteiger partial charge >= 0.3 is 5.97 Å². The third-order valence-corrected chi connectivity index (χ3v) is 2.84. The van der Waals surface area contributed by atoms with E-state index in [1.54, 1.807) is 6.92 Å². The van der Waals surface area contributed by atoms with Crippen LogP contribution >= 0.6 is 0 Å². The lowest BCUT2D eigenvalue weighted by Crippen LogP contribution is -2.12. The van der Waals surface area contributed by atoms with Gasteiger partial charge in [-0.25, -0.2) is 14.8 Å². The van der Waals surface area contributed by atoms with Gasteiger partial charge in [0.05, 0.1) is 18.9 Å². The van der Waals surface area contributed by atoms with Crippen molar-refractivity contribution in [3.8, 4) is 11.4 Å². The number of aromatic nitrogens is 2. The number of nitrogens with zero attached hydrogens (tertiary/aromatic N) is 2. The maximum Gasteiger partial charge on any atom is 0.341 e. The predicted molar refractivity (Wildman–Crippen MR) is 78.8 cm³/mol. The molecule has 5 nitrogen and oxygen atoms in total. The molecule has 1 heterocycles. The molecule has 0 fully saturated rings. The molecule has 0 atom stereocenters. The predicted octanol–water partition coefficient (Wildman–Crippen LogP) is 2.86. The average Bonchev–Trinajstić information content (AvgIpc) is 2.53. The van der Waals surface area contributed by atoms with Crippen molar-refractivity contribution in [2.75, 3.05) is 13.2 Å². The Bertz CT molecular complexity index is 600. The van der Waals surface area contributed by atoms with Gasteiger partial charge in [-0.2, -0.15) is 0 Å². The fraction of sp³-hybridized carbons (Fsp3) is 0.312. The molecular weight excluding hydrogens is 268 g/mol. The molecule has 0 radical (unpaired) electrons. The summed E-state index contributed by atoms with van der Waals surface area (Å²) in [5, 5.41) is 0. The van der Waals surface area contributed by atoms with Crippen LogP contribution in [0.4, 0.5) is 0 Å². The van der Waals surface area contributed by atoms with Crippen LogP contribution in [-0.2, 0) is 16.1 Å². The van der Waals surface area contributed by atoms with E-state index in [4.69, 9.17) is 9.47 Å². The van der Waals surface area contributed by atoms with Crippen molar-refractivity contribution >= 4 is 5.97 Å². The minimum absolute atomic E-state index is 0.257. The minimum atomic E-state index is -0.424. The van der Waals surface area contributed by atoms with Gasteiger partial charge in [0.25, 0.3) is 0 Å². The number of rotatable bonds is 6. The number of hydrogen-bond acceptors (Lipinski definition) is 5. The van der Waals surface area contributed by atoms with Crippen molar-refractivity contribution in [3.63, 3.8) is 0 Å². The number of esters is 1. The average molecular weight is 286 g/mol. The van der Waals surface area contributed by atoms with Crippen LogP contribution in [0, 0.1) is 0 Å². The summed E-state index contributed by atoms with van der Waals surface area (Å²) in [5.41, 5.74) is 1.79. The third-order valence-electron chi connectivity index (χ3n) is 2.84. The third kappa shape index (κ3) is 3.86. The van der Waals surface area contributed by atoms with Gasteiger partial charge in [-0.05, 0) is 13.8 Å². The normalized spacial score (nSPS) is 10.4. The lowest BCUT2D eigenvalue weighted by atomic mass is 10.2. The summed E-state index contributed by atoms with van der Waals surface area (Å²) in [6, 6.07) is 9.60. The van der Waals surface area contributed by atoms with E-state index in [0.717, 1.165) is 5.56 Å². The van der Waals surface area contributed by atoms with E-state index < -0.39 is 5.97 Å². The van der Waals surface area contributed by atoms with E-state index >= 15 is 0 Å². The van der Waals surface area contributed by atoms with E-state index in [-0.39, 0.29) is 6.61 Å². The molecule has 5 heteroatoms. The molecular formula is C16H18N2O3. The first-order valence-corrected chi connectivity index (χ1v) is 6.92. The molecule has 0 amide bonds. The monoisotopic (exact) mass is 286 g/mol. The van der Waals surface area contributed by atoms with Gasteiger partial charge in [0.15, 0.2) is 5.82 Å². The van der Waals surface area contributed by atoms with E-state index in [1.807, 2.05) is 37.3 Å². The Morgan fingerprint density at radius 2 is 1.90 bits per heavy atom. The van der Waals surface area contributed by atoms with Crippen LogP contribution in [0.25, 0.3) is 11.4 Å². The van der Waals surface area contributed by atoms with Crippen LogP contribution in [0.3, 0.4) is 0 Å². The van der Waals surface area contributed by atoms with Crippen molar-refractivity contribution in [2.24, 2.45) is 0 Å². The number of hydrogen-bond donors (Lipinski definition) is 0. The fourth-order valence-corrected chi connectivity index (χ4v) is 1.83. The molecule has 0 aliphatic rings. The first-order valence-electron chi connectivity index (χ1n) is 6.92. The lowest BCUT2D eigenvalue weighted by Gasteiger charge is -2.09. The Balaban J connectivity index is 2.37. The highest BCUT2D eigenvalue weighted by Gasteiger charge is 2.16. The smallest absolute Gasteiger partial charge is 0.341 e. The SMILES string of the molecule is CCOCc1nc(-c2ccccc2)ncc1C(=O)OCC. The second-order valence-corrected chi connectivity index (χ2v) is 4.28. The van der Waals surface area contributed by atoms with Crippen molar-refractivity contribution < 1.29 is 14.3 Å². The van der Waals surface area contributed by atoms with Crippen LogP contribution < -0.4 is 0 Å². The Morgan fingerprint density at radius 3 is 2.57 bits per heavy atom. The standard InChI is InChI=1S/C16H18N2O3/c1-3-20-11-14-13(16(19)21-4-2)10-17-15(18-14)12-8-6-5-7-9-12/h5-10H,3-4,11H2,1-2H3. The van der Waals surface area contributed by atoms with Gasteiger partial charge in [-0.3, -0.25) is 0 Å². The fourth-order valence-electron chi connectivity index (χ4n) is 1.83. The quantitative estimate of drug-likeness (QED) is 0.764. The van der Waals surface area contributed by atoms with Gasteiger partial charge in [0.2, 0.25) is 0 Å². The molecule has 0 aliphatic heterocycles. The second kappa shape index (κ2) is 7.50. The Hall–Kier alpha value is -2.27. The molecule has 0 unspecified atom stereocenters. The maximum absolute atomic E-state index is 11.9. The Morgan fingerprint density at radius 1 is 1.14 bits per heavy atom. The van der Waals surface area contributed by atoms with Crippen LogP contribution in [0.2, 0.25) is 0 Å². The number of carbonyl (C=O) groups excluding carboxylic acids is 1. The maximum atomic E-state index is 11.9. The second-order valence-electron chi connectivity index (χ2n) is 4.28. The highest BCUT2D eigenvalue weighted by Crippen LogP contribution is 2.17. The summed E-state index contributed by atoms with van der Waals surface area (Å²) >= 11 is 0. The van der Waals surface area contributed by atoms with Gasteiger partial charge in [0, 0.05) is 18.4 Å². The van der Waals surface area contributed by atoms with Gasteiger partial charge in [-0.1, -0.05) is 30.3 Å². The molecule has 2 aromatic rings. The van der Waals surface area contributed by atoms with Gasteiger partial charge in [0.1, 0.15) is 5.56 Å². The summed E-state index contributed by atoms with van der Waals surface area (Å²) in [5.74, 6) is 0.144. The van der Waals surface area contributed by atoms with Crippen LogP contribution in [0.15, 0.2) is 36.5 Å². The molecule has 1 aromatic carbocycles. The molecule has 0 N–H and O–H groups in total. The molecule has 0 saturated heterocycles. The molecule has 1 aromatic heterocycles. The first-order chi connectivity index (χ1) is 10.3. The highest BCUT2D eigenvalue weighted by molar-refractivity contribution is 5.90. The van der Waals surface area contributed by atoms with Crippen LogP contribution in [0.5, 0.6) is 0 Å². The van der Waals surface area contributed by atoms with Crippen molar-refractivity contribution in [2.45, 2.75) is 20.5 Å². The van der Waals surface area contributed by atoms with Crippen LogP contribution in [-0.4, -0.2) is 29.2 Å². The van der Waals surface area contributed by atoms with Crippen LogP contribution in [0.1, 0.15) is 29.9 Å². The molecule has 0 saturated carbocycles. The topological polar surface area (TPSA) is 61.3 Å². The summed E-state index contributed by atoms with van der Waals surface area (Å²) in [4.78, 5) is 20.6. The summed E-state index contributed by atoms with van der Waals surface area (Å²) in [6.07, 6.45) is 1.50. The lowest BCUT2D eigenvalue weighted by molar-refractivity contribution is 0.0517. The Labute approximate surface area is 124 Å².